The minimum Gasteiger partial charge on any atom is -0.354 e. The first kappa shape index (κ1) is 25.2. The Balaban J connectivity index is 1.90. The summed E-state index contributed by atoms with van der Waals surface area (Å²) < 4.78 is 0. The molecule has 34 heavy (non-hydrogen) atoms. The standard InChI is InChI=1S/C30H36N2O2/c1-23(2)21-31-30(34)28(20-26-15-8-5-9-16-26)32(22-27-17-11-10-12-24(27)3)29(33)19-18-25-13-6-4-7-14-25/h4-17,23,28H,18-22H2,1-3H3,(H,31,34)/t28-/m1/s1. The summed E-state index contributed by atoms with van der Waals surface area (Å²) >= 11 is 0. The summed E-state index contributed by atoms with van der Waals surface area (Å²) in [5.41, 5.74) is 4.34. The molecule has 1 N–H and O–H groups in total. The fourth-order valence-electron chi connectivity index (χ4n) is 3.99. The summed E-state index contributed by atoms with van der Waals surface area (Å²) in [6.07, 6.45) is 1.49. The van der Waals surface area contributed by atoms with Crippen molar-refractivity contribution in [3.63, 3.8) is 0 Å². The van der Waals surface area contributed by atoms with Gasteiger partial charge >= 0.3 is 0 Å². The number of amides is 2. The average molecular weight is 457 g/mol. The maximum Gasteiger partial charge on any atom is 0.243 e. The minimum absolute atomic E-state index is 0.00673. The van der Waals surface area contributed by atoms with Gasteiger partial charge in [-0.05, 0) is 41.5 Å². The van der Waals surface area contributed by atoms with Gasteiger partial charge in [0.1, 0.15) is 6.04 Å². The lowest BCUT2D eigenvalue weighted by atomic mass is 10.00. The van der Waals surface area contributed by atoms with E-state index in [1.54, 1.807) is 4.90 Å². The van der Waals surface area contributed by atoms with Crippen LogP contribution in [0.4, 0.5) is 0 Å². The highest BCUT2D eigenvalue weighted by Crippen LogP contribution is 2.19. The fraction of sp³-hybridized carbons (Fsp3) is 0.333. The summed E-state index contributed by atoms with van der Waals surface area (Å²) in [6.45, 7) is 7.19. The van der Waals surface area contributed by atoms with E-state index in [0.29, 0.717) is 38.3 Å². The largest absolute Gasteiger partial charge is 0.354 e. The van der Waals surface area contributed by atoms with Crippen LogP contribution in [0.25, 0.3) is 0 Å². The Hall–Kier alpha value is -3.40. The molecule has 178 valence electrons. The van der Waals surface area contributed by atoms with Gasteiger partial charge in [-0.1, -0.05) is 98.8 Å². The molecular formula is C30H36N2O2. The quantitative estimate of drug-likeness (QED) is 0.423. The van der Waals surface area contributed by atoms with Crippen LogP contribution in [0, 0.1) is 12.8 Å². The predicted octanol–water partition coefficient (Wildman–Crippen LogP) is 5.34. The van der Waals surface area contributed by atoms with Crippen molar-refractivity contribution in [1.29, 1.82) is 0 Å². The normalized spacial score (nSPS) is 11.8. The van der Waals surface area contributed by atoms with E-state index in [-0.39, 0.29) is 11.8 Å². The molecule has 2 amide bonds. The molecule has 0 unspecified atom stereocenters. The third kappa shape index (κ3) is 7.58. The molecule has 0 aliphatic carbocycles. The van der Waals surface area contributed by atoms with Gasteiger partial charge in [-0.2, -0.15) is 0 Å². The molecule has 0 spiro atoms. The van der Waals surface area contributed by atoms with E-state index in [0.717, 1.165) is 22.3 Å². The van der Waals surface area contributed by atoms with Crippen LogP contribution in [0.1, 0.15) is 42.5 Å². The number of hydrogen-bond donors (Lipinski definition) is 1. The number of nitrogens with one attached hydrogen (secondary N) is 1. The predicted molar refractivity (Wildman–Crippen MR) is 138 cm³/mol. The molecule has 0 bridgehead atoms. The molecule has 0 fully saturated rings. The lowest BCUT2D eigenvalue weighted by molar-refractivity contribution is -0.141. The van der Waals surface area contributed by atoms with E-state index >= 15 is 0 Å². The highest BCUT2D eigenvalue weighted by Gasteiger charge is 2.30. The first-order valence-corrected chi connectivity index (χ1v) is 12.1. The van der Waals surface area contributed by atoms with E-state index in [1.807, 2.05) is 91.9 Å². The van der Waals surface area contributed by atoms with Crippen molar-refractivity contribution < 1.29 is 9.59 Å². The molecular weight excluding hydrogens is 420 g/mol. The zero-order chi connectivity index (χ0) is 24.3. The summed E-state index contributed by atoms with van der Waals surface area (Å²) in [5.74, 6) is 0.229. The summed E-state index contributed by atoms with van der Waals surface area (Å²) in [7, 11) is 0. The van der Waals surface area contributed by atoms with Crippen LogP contribution in [0.3, 0.4) is 0 Å². The average Bonchev–Trinajstić information content (AvgIpc) is 2.85. The SMILES string of the molecule is Cc1ccccc1CN(C(=O)CCc1ccccc1)[C@H](Cc1ccccc1)C(=O)NCC(C)C. The molecule has 3 aromatic carbocycles. The zero-order valence-electron chi connectivity index (χ0n) is 20.5. The highest BCUT2D eigenvalue weighted by atomic mass is 16.2. The summed E-state index contributed by atoms with van der Waals surface area (Å²) in [4.78, 5) is 28.9. The molecule has 0 saturated carbocycles. The van der Waals surface area contributed by atoms with Gasteiger partial charge in [-0.3, -0.25) is 9.59 Å². The van der Waals surface area contributed by atoms with Crippen molar-refractivity contribution in [3.8, 4) is 0 Å². The Morgan fingerprint density at radius 3 is 2.03 bits per heavy atom. The van der Waals surface area contributed by atoms with E-state index in [2.05, 4.69) is 19.2 Å². The second kappa shape index (κ2) is 12.7. The fourth-order valence-corrected chi connectivity index (χ4v) is 3.99. The molecule has 0 aliphatic heterocycles. The second-order valence-electron chi connectivity index (χ2n) is 9.28. The van der Waals surface area contributed by atoms with Crippen LogP contribution >= 0.6 is 0 Å². The number of carbonyl (C=O) groups is 2. The Bertz CT molecular complexity index is 1050. The van der Waals surface area contributed by atoms with Crippen molar-refractivity contribution in [3.05, 3.63) is 107 Å². The van der Waals surface area contributed by atoms with E-state index in [9.17, 15) is 9.59 Å². The van der Waals surface area contributed by atoms with Crippen LogP contribution in [0.5, 0.6) is 0 Å². The minimum atomic E-state index is -0.580. The number of nitrogens with zero attached hydrogens (tertiary/aromatic N) is 1. The molecule has 4 nitrogen and oxygen atoms in total. The van der Waals surface area contributed by atoms with Gasteiger partial charge in [0.2, 0.25) is 11.8 Å². The van der Waals surface area contributed by atoms with Crippen LogP contribution in [0.15, 0.2) is 84.9 Å². The van der Waals surface area contributed by atoms with E-state index < -0.39 is 6.04 Å². The Morgan fingerprint density at radius 2 is 1.41 bits per heavy atom. The number of carbonyl (C=O) groups excluding carboxylic acids is 2. The first-order valence-electron chi connectivity index (χ1n) is 12.1. The van der Waals surface area contributed by atoms with Crippen molar-refractivity contribution in [2.75, 3.05) is 6.54 Å². The molecule has 0 aromatic heterocycles. The lowest BCUT2D eigenvalue weighted by Crippen LogP contribution is -2.51. The van der Waals surface area contributed by atoms with Crippen molar-refractivity contribution in [2.24, 2.45) is 5.92 Å². The van der Waals surface area contributed by atoms with Crippen molar-refractivity contribution in [2.45, 2.75) is 52.6 Å². The Morgan fingerprint density at radius 1 is 0.824 bits per heavy atom. The Labute approximate surface area is 204 Å². The second-order valence-corrected chi connectivity index (χ2v) is 9.28. The number of hydrogen-bond acceptors (Lipinski definition) is 2. The number of rotatable bonds is 11. The van der Waals surface area contributed by atoms with Gasteiger partial charge in [0.05, 0.1) is 0 Å². The van der Waals surface area contributed by atoms with Crippen LogP contribution < -0.4 is 5.32 Å². The topological polar surface area (TPSA) is 49.4 Å². The molecule has 3 aromatic rings. The summed E-state index contributed by atoms with van der Waals surface area (Å²) in [6, 6.07) is 27.5. The molecule has 0 aliphatic rings. The summed E-state index contributed by atoms with van der Waals surface area (Å²) in [5, 5.41) is 3.08. The number of aryl methyl sites for hydroxylation is 2. The van der Waals surface area contributed by atoms with Gasteiger partial charge < -0.3 is 10.2 Å². The third-order valence-corrected chi connectivity index (χ3v) is 6.03. The molecule has 3 rings (SSSR count). The third-order valence-electron chi connectivity index (χ3n) is 6.03. The highest BCUT2D eigenvalue weighted by molar-refractivity contribution is 5.88. The van der Waals surface area contributed by atoms with Gasteiger partial charge in [-0.25, -0.2) is 0 Å². The van der Waals surface area contributed by atoms with Crippen LogP contribution in [-0.2, 0) is 29.0 Å². The maximum atomic E-state index is 13.7. The molecule has 1 atom stereocenters. The number of benzene rings is 3. The van der Waals surface area contributed by atoms with Crippen LogP contribution in [0.2, 0.25) is 0 Å². The van der Waals surface area contributed by atoms with E-state index in [1.165, 1.54) is 0 Å². The monoisotopic (exact) mass is 456 g/mol. The maximum absolute atomic E-state index is 13.7. The smallest absolute Gasteiger partial charge is 0.243 e. The van der Waals surface area contributed by atoms with Crippen LogP contribution in [-0.4, -0.2) is 29.3 Å². The van der Waals surface area contributed by atoms with Gasteiger partial charge in [0.15, 0.2) is 0 Å². The molecule has 0 saturated heterocycles. The van der Waals surface area contributed by atoms with Gasteiger partial charge in [0.25, 0.3) is 0 Å². The van der Waals surface area contributed by atoms with Gasteiger partial charge in [0, 0.05) is 25.9 Å². The molecule has 0 radical (unpaired) electrons. The van der Waals surface area contributed by atoms with Gasteiger partial charge in [-0.15, -0.1) is 0 Å². The Kier molecular flexibility index (Phi) is 9.45. The zero-order valence-corrected chi connectivity index (χ0v) is 20.5. The molecule has 0 heterocycles. The molecule has 4 heteroatoms. The van der Waals surface area contributed by atoms with Crippen molar-refractivity contribution >= 4 is 11.8 Å². The lowest BCUT2D eigenvalue weighted by Gasteiger charge is -2.32. The van der Waals surface area contributed by atoms with Crippen molar-refractivity contribution in [1.82, 2.24) is 10.2 Å². The first-order chi connectivity index (χ1) is 16.4. The van der Waals surface area contributed by atoms with E-state index in [4.69, 9.17) is 0 Å².